The predicted molar refractivity (Wildman–Crippen MR) is 136 cm³/mol. The molecule has 0 aliphatic heterocycles. The van der Waals surface area contributed by atoms with Gasteiger partial charge in [-0.1, -0.05) is 36.4 Å². The van der Waals surface area contributed by atoms with Crippen LogP contribution in [0.15, 0.2) is 65.6 Å². The molecule has 3 aromatic carbocycles. The summed E-state index contributed by atoms with van der Waals surface area (Å²) in [5.74, 6) is -1.37. The summed E-state index contributed by atoms with van der Waals surface area (Å²) in [6.45, 7) is 3.16. The molecule has 0 bridgehead atoms. The van der Waals surface area contributed by atoms with Crippen molar-refractivity contribution in [3.05, 3.63) is 72.3 Å². The van der Waals surface area contributed by atoms with Gasteiger partial charge in [0.05, 0.1) is 32.6 Å². The maximum atomic E-state index is 14.8. The second-order valence-electron chi connectivity index (χ2n) is 8.74. The number of aromatic nitrogens is 4. The van der Waals surface area contributed by atoms with E-state index < -0.39 is 26.7 Å². The van der Waals surface area contributed by atoms with Crippen molar-refractivity contribution in [2.75, 3.05) is 5.73 Å². The average Bonchev–Trinajstić information content (AvgIpc) is 3.37. The number of imidazole rings is 2. The van der Waals surface area contributed by atoms with Crippen molar-refractivity contribution in [1.82, 2.24) is 19.5 Å². The van der Waals surface area contributed by atoms with Gasteiger partial charge in [-0.2, -0.15) is 0 Å². The van der Waals surface area contributed by atoms with Gasteiger partial charge in [-0.3, -0.25) is 0 Å². The number of nitrogen functional groups attached to an aromatic ring is 1. The fraction of sp³-hybridized carbons (Fsp3) is 0.154. The van der Waals surface area contributed by atoms with Crippen LogP contribution in [0.3, 0.4) is 0 Å². The van der Waals surface area contributed by atoms with Gasteiger partial charge in [0.15, 0.2) is 15.8 Å². The third-order valence-electron chi connectivity index (χ3n) is 6.10. The molecule has 0 aliphatic carbocycles. The Morgan fingerprint density at radius 2 is 1.61 bits per heavy atom. The van der Waals surface area contributed by atoms with E-state index in [9.17, 15) is 17.2 Å². The summed E-state index contributed by atoms with van der Waals surface area (Å²) in [5, 5.41) is -0.714. The molecule has 0 aliphatic rings. The molecule has 184 valence electrons. The zero-order valence-electron chi connectivity index (χ0n) is 19.8. The van der Waals surface area contributed by atoms with Crippen molar-refractivity contribution in [1.29, 1.82) is 0 Å². The Morgan fingerprint density at radius 1 is 0.944 bits per heavy atom. The molecule has 7 nitrogen and oxygen atoms in total. The lowest BCUT2D eigenvalue weighted by molar-refractivity contribution is 0.585. The Kier molecular flexibility index (Phi) is 5.63. The summed E-state index contributed by atoms with van der Waals surface area (Å²) in [6, 6.07) is 16.0. The van der Waals surface area contributed by atoms with Crippen molar-refractivity contribution < 1.29 is 17.2 Å². The summed E-state index contributed by atoms with van der Waals surface area (Å²) < 4.78 is 57.7. The number of hydrogen-bond acceptors (Lipinski definition) is 5. The van der Waals surface area contributed by atoms with Gasteiger partial charge in [0.25, 0.3) is 0 Å². The Hall–Kier alpha value is -4.05. The molecule has 36 heavy (non-hydrogen) atoms. The van der Waals surface area contributed by atoms with Crippen LogP contribution in [0.5, 0.6) is 0 Å². The third-order valence-corrected chi connectivity index (χ3v) is 8.26. The van der Waals surface area contributed by atoms with Crippen LogP contribution in [0.25, 0.3) is 44.9 Å². The molecule has 0 saturated carbocycles. The summed E-state index contributed by atoms with van der Waals surface area (Å²) in [6.07, 6.45) is 0. The summed E-state index contributed by atoms with van der Waals surface area (Å²) in [7, 11) is -2.09. The highest BCUT2D eigenvalue weighted by atomic mass is 32.2. The quantitative estimate of drug-likeness (QED) is 0.334. The monoisotopic (exact) mass is 507 g/mol. The van der Waals surface area contributed by atoms with E-state index in [2.05, 4.69) is 15.0 Å². The normalized spacial score (nSPS) is 12.1. The highest BCUT2D eigenvalue weighted by Crippen LogP contribution is 2.39. The first-order valence-corrected chi connectivity index (χ1v) is 12.7. The van der Waals surface area contributed by atoms with Crippen molar-refractivity contribution in [2.45, 2.75) is 24.0 Å². The molecule has 0 atom stereocenters. The molecular formula is C26H23F2N5O2S. The number of benzene rings is 3. The molecule has 0 amide bonds. The topological polar surface area (TPSA) is 107 Å². The fourth-order valence-corrected chi connectivity index (χ4v) is 5.50. The first-order chi connectivity index (χ1) is 17.1. The number of nitrogens with two attached hydrogens (primary N) is 1. The minimum atomic E-state index is -3.76. The second kappa shape index (κ2) is 8.56. The molecule has 2 aromatic heterocycles. The summed E-state index contributed by atoms with van der Waals surface area (Å²) >= 11 is 0. The predicted octanol–water partition coefficient (Wildman–Crippen LogP) is 5.34. The van der Waals surface area contributed by atoms with Gasteiger partial charge >= 0.3 is 0 Å². The molecule has 0 radical (unpaired) electrons. The van der Waals surface area contributed by atoms with Gasteiger partial charge in [0.1, 0.15) is 23.0 Å². The van der Waals surface area contributed by atoms with Gasteiger partial charge in [0, 0.05) is 18.2 Å². The Bertz CT molecular complexity index is 1700. The number of anilines is 1. The first kappa shape index (κ1) is 23.7. The van der Waals surface area contributed by atoms with Crippen molar-refractivity contribution in [2.24, 2.45) is 7.05 Å². The number of sulfone groups is 1. The SMILES string of the molecule is CC(C)S(=O)(=O)c1cc(-c2nc(-c3c(F)cccc3F)n(C)c2-c2ccccc2)cc2[nH]c(N)nc12. The third kappa shape index (κ3) is 3.74. The molecule has 3 N–H and O–H groups in total. The zero-order valence-corrected chi connectivity index (χ0v) is 20.6. The van der Waals surface area contributed by atoms with Crippen LogP contribution in [0, 0.1) is 11.6 Å². The van der Waals surface area contributed by atoms with Crippen molar-refractivity contribution >= 4 is 26.8 Å². The number of rotatable bonds is 5. The molecule has 5 rings (SSSR count). The zero-order chi connectivity index (χ0) is 25.8. The molecular weight excluding hydrogens is 484 g/mol. The van der Waals surface area contributed by atoms with E-state index in [4.69, 9.17) is 5.73 Å². The minimum absolute atomic E-state index is 0.00115. The molecule has 0 saturated heterocycles. The number of H-pyrrole nitrogens is 1. The van der Waals surface area contributed by atoms with E-state index in [1.807, 2.05) is 30.3 Å². The molecule has 0 unspecified atom stereocenters. The van der Waals surface area contributed by atoms with Crippen LogP contribution in [0.1, 0.15) is 13.8 Å². The van der Waals surface area contributed by atoms with Crippen LogP contribution in [0.4, 0.5) is 14.7 Å². The Balaban J connectivity index is 1.88. The van der Waals surface area contributed by atoms with Gasteiger partial charge in [-0.15, -0.1) is 0 Å². The van der Waals surface area contributed by atoms with Crippen molar-refractivity contribution in [3.8, 4) is 33.9 Å². The van der Waals surface area contributed by atoms with Crippen LogP contribution in [0.2, 0.25) is 0 Å². The summed E-state index contributed by atoms with van der Waals surface area (Å²) in [4.78, 5) is 11.7. The molecule has 10 heteroatoms. The van der Waals surface area contributed by atoms with E-state index in [0.29, 0.717) is 22.5 Å². The van der Waals surface area contributed by atoms with Gasteiger partial charge in [0.2, 0.25) is 0 Å². The van der Waals surface area contributed by atoms with E-state index in [1.165, 1.54) is 24.3 Å². The lowest BCUT2D eigenvalue weighted by atomic mass is 10.0. The van der Waals surface area contributed by atoms with Crippen LogP contribution in [-0.2, 0) is 16.9 Å². The number of nitrogens with zero attached hydrogens (tertiary/aromatic N) is 3. The second-order valence-corrected chi connectivity index (χ2v) is 11.2. The maximum Gasteiger partial charge on any atom is 0.198 e. The maximum absolute atomic E-state index is 14.8. The largest absolute Gasteiger partial charge is 0.369 e. The van der Waals surface area contributed by atoms with E-state index in [0.717, 1.165) is 5.56 Å². The standard InChI is InChI=1S/C26H23F2N5O2S/c1-14(2)36(34,35)20-13-16(12-19-23(20)32-26(29)30-19)22-24(15-8-5-4-6-9-15)33(3)25(31-22)21-17(27)10-7-11-18(21)28/h4-14H,1-3H3,(H3,29,30,32). The molecule has 0 spiro atoms. The number of fused-ring (bicyclic) bond motifs is 1. The Morgan fingerprint density at radius 3 is 2.25 bits per heavy atom. The molecule has 5 aromatic rings. The number of hydrogen-bond donors (Lipinski definition) is 2. The number of halogens is 2. The smallest absolute Gasteiger partial charge is 0.198 e. The van der Waals surface area contributed by atoms with E-state index in [-0.39, 0.29) is 27.7 Å². The fourth-order valence-electron chi connectivity index (χ4n) is 4.27. The minimum Gasteiger partial charge on any atom is -0.369 e. The van der Waals surface area contributed by atoms with E-state index >= 15 is 0 Å². The summed E-state index contributed by atoms with van der Waals surface area (Å²) in [5.41, 5.74) is 8.32. The van der Waals surface area contributed by atoms with Crippen molar-refractivity contribution in [3.63, 3.8) is 0 Å². The van der Waals surface area contributed by atoms with E-state index in [1.54, 1.807) is 31.5 Å². The first-order valence-electron chi connectivity index (χ1n) is 11.2. The van der Waals surface area contributed by atoms with Gasteiger partial charge in [-0.05, 0) is 38.1 Å². The molecule has 0 fully saturated rings. The highest BCUT2D eigenvalue weighted by Gasteiger charge is 2.28. The lowest BCUT2D eigenvalue weighted by Crippen LogP contribution is -2.14. The number of nitrogens with one attached hydrogen (secondary N) is 1. The van der Waals surface area contributed by atoms with Gasteiger partial charge in [-0.25, -0.2) is 27.2 Å². The van der Waals surface area contributed by atoms with Crippen LogP contribution in [-0.4, -0.2) is 33.2 Å². The molecule has 2 heterocycles. The average molecular weight is 508 g/mol. The Labute approximate surface area is 206 Å². The lowest BCUT2D eigenvalue weighted by Gasteiger charge is -2.12. The highest BCUT2D eigenvalue weighted by molar-refractivity contribution is 7.92. The van der Waals surface area contributed by atoms with Crippen LogP contribution >= 0.6 is 0 Å². The number of aromatic amines is 1. The van der Waals surface area contributed by atoms with Crippen LogP contribution < -0.4 is 5.73 Å². The van der Waals surface area contributed by atoms with Gasteiger partial charge < -0.3 is 15.3 Å².